The van der Waals surface area contributed by atoms with Gasteiger partial charge in [0.05, 0.1) is 13.5 Å². The van der Waals surface area contributed by atoms with E-state index in [2.05, 4.69) is 17.6 Å². The Balaban J connectivity index is 1.79. The number of carbonyl (C=O) groups is 1. The Kier molecular flexibility index (Phi) is 5.41. The number of piperidine rings is 1. The summed E-state index contributed by atoms with van der Waals surface area (Å²) >= 11 is 0. The van der Waals surface area contributed by atoms with Gasteiger partial charge >= 0.3 is 0 Å². The molecular weight excluding hydrogens is 252 g/mol. The minimum atomic E-state index is 0.0870. The predicted octanol–water partition coefficient (Wildman–Crippen LogP) is 1.60. The highest BCUT2D eigenvalue weighted by Gasteiger charge is 2.21. The summed E-state index contributed by atoms with van der Waals surface area (Å²) in [6.45, 7) is 5.13. The van der Waals surface area contributed by atoms with Crippen molar-refractivity contribution in [2.24, 2.45) is 11.8 Å². The van der Waals surface area contributed by atoms with E-state index in [0.717, 1.165) is 37.4 Å². The molecule has 4 heteroatoms. The van der Waals surface area contributed by atoms with Gasteiger partial charge in [0.1, 0.15) is 5.75 Å². The lowest BCUT2D eigenvalue weighted by molar-refractivity contribution is -0.120. The Morgan fingerprint density at radius 1 is 1.50 bits per heavy atom. The van der Waals surface area contributed by atoms with Gasteiger partial charge in [-0.2, -0.15) is 0 Å². The summed E-state index contributed by atoms with van der Waals surface area (Å²) in [6, 6.07) is 7.66. The normalized spacial score (nSPS) is 22.3. The van der Waals surface area contributed by atoms with Crippen molar-refractivity contribution in [2.75, 3.05) is 26.7 Å². The fourth-order valence-electron chi connectivity index (χ4n) is 2.65. The lowest BCUT2D eigenvalue weighted by Gasteiger charge is -2.29. The number of amides is 1. The molecule has 0 aliphatic carbocycles. The molecule has 2 rings (SSSR count). The Hall–Kier alpha value is -1.55. The molecule has 0 aromatic heterocycles. The Morgan fingerprint density at radius 3 is 3.10 bits per heavy atom. The van der Waals surface area contributed by atoms with Gasteiger partial charge < -0.3 is 15.4 Å². The molecule has 2 atom stereocenters. The van der Waals surface area contributed by atoms with Crippen LogP contribution in [-0.4, -0.2) is 32.7 Å². The predicted molar refractivity (Wildman–Crippen MR) is 79.8 cm³/mol. The number of hydrogen-bond donors (Lipinski definition) is 2. The van der Waals surface area contributed by atoms with Crippen LogP contribution in [0.1, 0.15) is 18.9 Å². The largest absolute Gasteiger partial charge is 0.497 e. The van der Waals surface area contributed by atoms with Gasteiger partial charge in [-0.05, 0) is 49.0 Å². The van der Waals surface area contributed by atoms with E-state index in [1.54, 1.807) is 7.11 Å². The molecular formula is C16H24N2O2. The first-order valence-electron chi connectivity index (χ1n) is 7.29. The van der Waals surface area contributed by atoms with E-state index >= 15 is 0 Å². The zero-order valence-corrected chi connectivity index (χ0v) is 12.3. The van der Waals surface area contributed by atoms with Crippen molar-refractivity contribution in [2.45, 2.75) is 19.8 Å². The lowest BCUT2D eigenvalue weighted by Crippen LogP contribution is -2.41. The molecule has 1 saturated heterocycles. The van der Waals surface area contributed by atoms with E-state index in [4.69, 9.17) is 4.74 Å². The molecule has 0 spiro atoms. The summed E-state index contributed by atoms with van der Waals surface area (Å²) in [5, 5.41) is 6.44. The Bertz CT molecular complexity index is 448. The molecule has 1 fully saturated rings. The number of methoxy groups -OCH3 is 1. The maximum Gasteiger partial charge on any atom is 0.224 e. The van der Waals surface area contributed by atoms with Crippen molar-refractivity contribution < 1.29 is 9.53 Å². The summed E-state index contributed by atoms with van der Waals surface area (Å²) in [7, 11) is 1.64. The standard InChI is InChI=1S/C16H24N2O2/c1-12-10-17-7-6-14(12)11-18-16(19)9-13-4-3-5-15(8-13)20-2/h3-5,8,12,14,17H,6-7,9-11H2,1-2H3,(H,18,19). The maximum absolute atomic E-state index is 12.0. The van der Waals surface area contributed by atoms with Gasteiger partial charge in [-0.1, -0.05) is 19.1 Å². The zero-order chi connectivity index (χ0) is 14.4. The maximum atomic E-state index is 12.0. The van der Waals surface area contributed by atoms with E-state index < -0.39 is 0 Å². The number of nitrogens with one attached hydrogen (secondary N) is 2. The Morgan fingerprint density at radius 2 is 2.35 bits per heavy atom. The number of ether oxygens (including phenoxy) is 1. The molecule has 2 unspecified atom stereocenters. The third-order valence-corrected chi connectivity index (χ3v) is 4.02. The van der Waals surface area contributed by atoms with Crippen LogP contribution in [0.5, 0.6) is 5.75 Å². The molecule has 20 heavy (non-hydrogen) atoms. The van der Waals surface area contributed by atoms with Gasteiger partial charge in [0.25, 0.3) is 0 Å². The average molecular weight is 276 g/mol. The highest BCUT2D eigenvalue weighted by Crippen LogP contribution is 2.17. The number of carbonyl (C=O) groups excluding carboxylic acids is 1. The molecule has 1 aromatic rings. The topological polar surface area (TPSA) is 50.4 Å². The second kappa shape index (κ2) is 7.29. The molecule has 2 N–H and O–H groups in total. The van der Waals surface area contributed by atoms with Gasteiger partial charge in [0.15, 0.2) is 0 Å². The minimum absolute atomic E-state index is 0.0870. The molecule has 1 aromatic carbocycles. The fraction of sp³-hybridized carbons (Fsp3) is 0.562. The second-order valence-electron chi connectivity index (χ2n) is 5.56. The van der Waals surface area contributed by atoms with Crippen LogP contribution < -0.4 is 15.4 Å². The molecule has 0 radical (unpaired) electrons. The van der Waals surface area contributed by atoms with Crippen LogP contribution in [0.2, 0.25) is 0 Å². The van der Waals surface area contributed by atoms with Gasteiger partial charge in [-0.15, -0.1) is 0 Å². The summed E-state index contributed by atoms with van der Waals surface area (Å²) in [4.78, 5) is 12.0. The molecule has 1 heterocycles. The third-order valence-electron chi connectivity index (χ3n) is 4.02. The van der Waals surface area contributed by atoms with Gasteiger partial charge in [-0.3, -0.25) is 4.79 Å². The molecule has 4 nitrogen and oxygen atoms in total. The van der Waals surface area contributed by atoms with Crippen LogP contribution in [0.3, 0.4) is 0 Å². The first-order chi connectivity index (χ1) is 9.69. The number of benzene rings is 1. The first-order valence-corrected chi connectivity index (χ1v) is 7.29. The fourth-order valence-corrected chi connectivity index (χ4v) is 2.65. The van der Waals surface area contributed by atoms with Gasteiger partial charge in [-0.25, -0.2) is 0 Å². The van der Waals surface area contributed by atoms with E-state index in [-0.39, 0.29) is 5.91 Å². The van der Waals surface area contributed by atoms with Crippen LogP contribution in [0.4, 0.5) is 0 Å². The quantitative estimate of drug-likeness (QED) is 0.859. The summed E-state index contributed by atoms with van der Waals surface area (Å²) < 4.78 is 5.17. The first kappa shape index (κ1) is 14.9. The lowest BCUT2D eigenvalue weighted by atomic mass is 9.88. The molecule has 110 valence electrons. The summed E-state index contributed by atoms with van der Waals surface area (Å²) in [6.07, 6.45) is 1.55. The van der Waals surface area contributed by atoms with E-state index in [0.29, 0.717) is 18.3 Å². The molecule has 1 amide bonds. The molecule has 0 saturated carbocycles. The third kappa shape index (κ3) is 4.23. The van der Waals surface area contributed by atoms with Crippen molar-refractivity contribution in [3.63, 3.8) is 0 Å². The highest BCUT2D eigenvalue weighted by molar-refractivity contribution is 5.78. The van der Waals surface area contributed by atoms with Gasteiger partial charge in [0.2, 0.25) is 5.91 Å². The molecule has 1 aliphatic rings. The highest BCUT2D eigenvalue weighted by atomic mass is 16.5. The van der Waals surface area contributed by atoms with Crippen LogP contribution in [0.15, 0.2) is 24.3 Å². The average Bonchev–Trinajstić information content (AvgIpc) is 2.46. The van der Waals surface area contributed by atoms with Gasteiger partial charge in [0, 0.05) is 6.54 Å². The zero-order valence-electron chi connectivity index (χ0n) is 12.3. The SMILES string of the molecule is COc1cccc(CC(=O)NCC2CCNCC2C)c1. The van der Waals surface area contributed by atoms with Crippen LogP contribution in [0.25, 0.3) is 0 Å². The molecule has 0 bridgehead atoms. The van der Waals surface area contributed by atoms with Crippen molar-refractivity contribution in [1.29, 1.82) is 0 Å². The Labute approximate surface area is 120 Å². The number of rotatable bonds is 5. The van der Waals surface area contributed by atoms with E-state index in [1.165, 1.54) is 0 Å². The van der Waals surface area contributed by atoms with Crippen molar-refractivity contribution in [3.05, 3.63) is 29.8 Å². The van der Waals surface area contributed by atoms with Crippen LogP contribution in [0, 0.1) is 11.8 Å². The van der Waals surface area contributed by atoms with E-state index in [9.17, 15) is 4.79 Å². The summed E-state index contributed by atoms with van der Waals surface area (Å²) in [5.74, 6) is 2.10. The van der Waals surface area contributed by atoms with Crippen molar-refractivity contribution >= 4 is 5.91 Å². The number of hydrogen-bond acceptors (Lipinski definition) is 3. The van der Waals surface area contributed by atoms with Crippen LogP contribution >= 0.6 is 0 Å². The summed E-state index contributed by atoms with van der Waals surface area (Å²) in [5.41, 5.74) is 0.986. The monoisotopic (exact) mass is 276 g/mol. The van der Waals surface area contributed by atoms with Crippen LogP contribution in [-0.2, 0) is 11.2 Å². The second-order valence-corrected chi connectivity index (χ2v) is 5.56. The smallest absolute Gasteiger partial charge is 0.224 e. The van der Waals surface area contributed by atoms with Crippen molar-refractivity contribution in [1.82, 2.24) is 10.6 Å². The molecule has 1 aliphatic heterocycles. The minimum Gasteiger partial charge on any atom is -0.497 e. The van der Waals surface area contributed by atoms with E-state index in [1.807, 2.05) is 24.3 Å². The van der Waals surface area contributed by atoms with Crippen molar-refractivity contribution in [3.8, 4) is 5.75 Å².